The molecule has 0 atom stereocenters. The van der Waals surface area contributed by atoms with Crippen LogP contribution in [0.3, 0.4) is 0 Å². The lowest BCUT2D eigenvalue weighted by Gasteiger charge is -2.09. The highest BCUT2D eigenvalue weighted by atomic mass is 35.5. The van der Waals surface area contributed by atoms with Crippen molar-refractivity contribution in [2.45, 2.75) is 13.3 Å². The van der Waals surface area contributed by atoms with E-state index in [4.69, 9.17) is 21.1 Å². The largest absolute Gasteiger partial charge is 0.497 e. The maximum absolute atomic E-state index is 12.0. The van der Waals surface area contributed by atoms with Crippen LogP contribution in [0.2, 0.25) is 5.02 Å². The van der Waals surface area contributed by atoms with Crippen LogP contribution in [0.25, 0.3) is 0 Å². The summed E-state index contributed by atoms with van der Waals surface area (Å²) in [5.74, 6) is -0.213. The van der Waals surface area contributed by atoms with E-state index in [1.54, 1.807) is 44.4 Å². The number of esters is 1. The van der Waals surface area contributed by atoms with Crippen molar-refractivity contribution in [1.82, 2.24) is 5.32 Å². The maximum Gasteiger partial charge on any atom is 0.338 e. The molecule has 0 aliphatic heterocycles. The normalized spacial score (nSPS) is 10.2. The van der Waals surface area contributed by atoms with Crippen molar-refractivity contribution < 1.29 is 19.1 Å². The number of nitrogens with one attached hydrogen (secondary N) is 1. The molecule has 0 bridgehead atoms. The molecular weight excluding hydrogens is 342 g/mol. The molecule has 2 aromatic carbocycles. The third-order valence-corrected chi connectivity index (χ3v) is 3.89. The molecule has 2 aromatic rings. The van der Waals surface area contributed by atoms with Gasteiger partial charge in [0, 0.05) is 11.6 Å². The second-order valence-corrected chi connectivity index (χ2v) is 5.92. The van der Waals surface area contributed by atoms with Crippen molar-refractivity contribution in [1.29, 1.82) is 0 Å². The number of aryl methyl sites for hydroxylation is 1. The van der Waals surface area contributed by atoms with Gasteiger partial charge in [0.1, 0.15) is 5.75 Å². The number of amides is 1. The zero-order valence-corrected chi connectivity index (χ0v) is 14.9. The monoisotopic (exact) mass is 361 g/mol. The molecule has 2 rings (SSSR count). The van der Waals surface area contributed by atoms with E-state index < -0.39 is 5.97 Å². The number of hydrogen-bond acceptors (Lipinski definition) is 4. The van der Waals surface area contributed by atoms with Crippen molar-refractivity contribution in [3.05, 3.63) is 64.2 Å². The molecule has 5 nitrogen and oxygen atoms in total. The van der Waals surface area contributed by atoms with E-state index in [1.165, 1.54) is 0 Å². The molecule has 25 heavy (non-hydrogen) atoms. The second-order valence-electron chi connectivity index (χ2n) is 5.48. The zero-order chi connectivity index (χ0) is 18.2. The van der Waals surface area contributed by atoms with Crippen LogP contribution in [0.4, 0.5) is 0 Å². The minimum Gasteiger partial charge on any atom is -0.497 e. The Labute approximate surface area is 151 Å². The summed E-state index contributed by atoms with van der Waals surface area (Å²) in [4.78, 5) is 23.8. The molecule has 0 heterocycles. The summed E-state index contributed by atoms with van der Waals surface area (Å²) in [6.07, 6.45) is 0.675. The Kier molecular flexibility index (Phi) is 6.83. The van der Waals surface area contributed by atoms with Crippen molar-refractivity contribution in [3.63, 3.8) is 0 Å². The van der Waals surface area contributed by atoms with E-state index in [2.05, 4.69) is 5.32 Å². The Balaban J connectivity index is 1.75. The van der Waals surface area contributed by atoms with Gasteiger partial charge in [-0.05, 0) is 54.8 Å². The van der Waals surface area contributed by atoms with Gasteiger partial charge >= 0.3 is 5.97 Å². The van der Waals surface area contributed by atoms with E-state index in [-0.39, 0.29) is 12.5 Å². The molecular formula is C19H20ClNO4. The average Bonchev–Trinajstić information content (AvgIpc) is 2.61. The number of carbonyl (C=O) groups is 2. The van der Waals surface area contributed by atoms with Gasteiger partial charge in [0.05, 0.1) is 12.7 Å². The number of ether oxygens (including phenoxy) is 2. The molecule has 0 aliphatic carbocycles. The predicted octanol–water partition coefficient (Wildman–Crippen LogP) is 3.17. The molecule has 132 valence electrons. The smallest absolute Gasteiger partial charge is 0.338 e. The zero-order valence-electron chi connectivity index (χ0n) is 14.2. The lowest BCUT2D eigenvalue weighted by Crippen LogP contribution is -2.30. The molecule has 0 radical (unpaired) electrons. The van der Waals surface area contributed by atoms with Gasteiger partial charge < -0.3 is 14.8 Å². The Morgan fingerprint density at radius 3 is 2.48 bits per heavy atom. The number of benzene rings is 2. The minimum absolute atomic E-state index is 0.315. The SMILES string of the molecule is COc1ccc(C(=O)OCC(=O)NCCc2ccc(Cl)cc2)c(C)c1. The third kappa shape index (κ3) is 5.80. The van der Waals surface area contributed by atoms with Gasteiger partial charge in [0.15, 0.2) is 6.61 Å². The topological polar surface area (TPSA) is 64.6 Å². The van der Waals surface area contributed by atoms with Crippen LogP contribution in [0.1, 0.15) is 21.5 Å². The fraction of sp³-hybridized carbons (Fsp3) is 0.263. The number of rotatable bonds is 7. The van der Waals surface area contributed by atoms with Gasteiger partial charge in [-0.25, -0.2) is 4.79 Å². The van der Waals surface area contributed by atoms with E-state index >= 15 is 0 Å². The van der Waals surface area contributed by atoms with Gasteiger partial charge in [-0.2, -0.15) is 0 Å². The highest BCUT2D eigenvalue weighted by molar-refractivity contribution is 6.30. The molecule has 0 spiro atoms. The summed E-state index contributed by atoms with van der Waals surface area (Å²) in [5.41, 5.74) is 2.21. The van der Waals surface area contributed by atoms with E-state index in [9.17, 15) is 9.59 Å². The van der Waals surface area contributed by atoms with Crippen LogP contribution in [-0.4, -0.2) is 32.1 Å². The van der Waals surface area contributed by atoms with Crippen molar-refractivity contribution in [3.8, 4) is 5.75 Å². The first-order valence-corrected chi connectivity index (χ1v) is 8.20. The molecule has 0 aliphatic rings. The summed E-state index contributed by atoms with van der Waals surface area (Å²) in [7, 11) is 1.56. The summed E-state index contributed by atoms with van der Waals surface area (Å²) >= 11 is 5.82. The van der Waals surface area contributed by atoms with Crippen molar-refractivity contribution in [2.24, 2.45) is 0 Å². The van der Waals surface area contributed by atoms with Gasteiger partial charge in [0.2, 0.25) is 0 Å². The van der Waals surface area contributed by atoms with E-state index in [0.29, 0.717) is 29.3 Å². The molecule has 1 N–H and O–H groups in total. The molecule has 0 fully saturated rings. The maximum atomic E-state index is 12.0. The standard InChI is InChI=1S/C19H20ClNO4/c1-13-11-16(24-2)7-8-17(13)19(23)25-12-18(22)21-10-9-14-3-5-15(20)6-4-14/h3-8,11H,9-10,12H2,1-2H3,(H,21,22). The Hall–Kier alpha value is -2.53. The quantitative estimate of drug-likeness (QED) is 0.769. The summed E-state index contributed by atoms with van der Waals surface area (Å²) in [6.45, 7) is 1.93. The number of halogens is 1. The summed E-state index contributed by atoms with van der Waals surface area (Å²) < 4.78 is 10.1. The van der Waals surface area contributed by atoms with Crippen LogP contribution in [0.15, 0.2) is 42.5 Å². The average molecular weight is 362 g/mol. The molecule has 0 unspecified atom stereocenters. The number of methoxy groups -OCH3 is 1. The van der Waals surface area contributed by atoms with Crippen LogP contribution in [-0.2, 0) is 16.0 Å². The third-order valence-electron chi connectivity index (χ3n) is 3.64. The highest BCUT2D eigenvalue weighted by Crippen LogP contribution is 2.17. The minimum atomic E-state index is -0.534. The summed E-state index contributed by atoms with van der Waals surface area (Å²) in [5, 5.41) is 3.39. The second kappa shape index (κ2) is 9.08. The predicted molar refractivity (Wildman–Crippen MR) is 96.2 cm³/mol. The van der Waals surface area contributed by atoms with Gasteiger partial charge in [-0.3, -0.25) is 4.79 Å². The summed E-state index contributed by atoms with van der Waals surface area (Å²) in [6, 6.07) is 12.4. The van der Waals surface area contributed by atoms with Crippen molar-refractivity contribution in [2.75, 3.05) is 20.3 Å². The first kappa shape index (κ1) is 18.8. The van der Waals surface area contributed by atoms with Crippen LogP contribution in [0, 0.1) is 6.92 Å². The molecule has 0 saturated heterocycles. The van der Waals surface area contributed by atoms with E-state index in [1.807, 2.05) is 12.1 Å². The fourth-order valence-corrected chi connectivity index (χ4v) is 2.38. The van der Waals surface area contributed by atoms with Gasteiger partial charge in [-0.15, -0.1) is 0 Å². The highest BCUT2D eigenvalue weighted by Gasteiger charge is 2.13. The lowest BCUT2D eigenvalue weighted by atomic mass is 10.1. The molecule has 1 amide bonds. The fourth-order valence-electron chi connectivity index (χ4n) is 2.25. The first-order valence-electron chi connectivity index (χ1n) is 7.82. The van der Waals surface area contributed by atoms with Crippen molar-refractivity contribution >= 4 is 23.5 Å². The molecule has 0 saturated carbocycles. The lowest BCUT2D eigenvalue weighted by molar-refractivity contribution is -0.124. The first-order chi connectivity index (χ1) is 12.0. The van der Waals surface area contributed by atoms with Crippen LogP contribution < -0.4 is 10.1 Å². The number of carbonyl (C=O) groups excluding carboxylic acids is 2. The Morgan fingerprint density at radius 2 is 1.84 bits per heavy atom. The Bertz CT molecular complexity index is 744. The molecule has 0 aromatic heterocycles. The number of hydrogen-bond donors (Lipinski definition) is 1. The Morgan fingerprint density at radius 1 is 1.12 bits per heavy atom. The van der Waals surface area contributed by atoms with E-state index in [0.717, 1.165) is 11.1 Å². The van der Waals surface area contributed by atoms with Gasteiger partial charge in [0.25, 0.3) is 5.91 Å². The van der Waals surface area contributed by atoms with Crippen LogP contribution in [0.5, 0.6) is 5.75 Å². The van der Waals surface area contributed by atoms with Gasteiger partial charge in [-0.1, -0.05) is 23.7 Å². The molecule has 6 heteroatoms. The van der Waals surface area contributed by atoms with Crippen LogP contribution >= 0.6 is 11.6 Å².